The fraction of sp³-hybridized carbons (Fsp3) is 0.0588. The molecule has 53 heavy (non-hydrogen) atoms. The Kier molecular flexibility index (Phi) is 6.47. The minimum Gasteiger partial charge on any atom is -0.456 e. The minimum atomic E-state index is -0.280. The van der Waals surface area contributed by atoms with Gasteiger partial charge in [-0.2, -0.15) is 0 Å². The second-order valence-electron chi connectivity index (χ2n) is 14.2. The van der Waals surface area contributed by atoms with Crippen molar-refractivity contribution in [3.8, 4) is 44.5 Å². The number of nitrogens with zero attached hydrogens (tertiary/aromatic N) is 1. The first-order valence-corrected chi connectivity index (χ1v) is 18.1. The Morgan fingerprint density at radius 2 is 1.04 bits per heavy atom. The highest BCUT2D eigenvalue weighted by Crippen LogP contribution is 2.52. The van der Waals surface area contributed by atoms with Crippen molar-refractivity contribution in [2.45, 2.75) is 19.3 Å². The van der Waals surface area contributed by atoms with Crippen LogP contribution in [0.1, 0.15) is 29.1 Å². The van der Waals surface area contributed by atoms with Gasteiger partial charge in [0.05, 0.1) is 9.80 Å². The van der Waals surface area contributed by atoms with Crippen LogP contribution in [0.5, 0.6) is 0 Å². The van der Waals surface area contributed by atoms with Crippen molar-refractivity contribution >= 4 is 39.0 Å². The van der Waals surface area contributed by atoms with E-state index in [1.807, 2.05) is 103 Å². The van der Waals surface area contributed by atoms with E-state index in [1.54, 1.807) is 0 Å². The van der Waals surface area contributed by atoms with Gasteiger partial charge < -0.3 is 9.32 Å². The van der Waals surface area contributed by atoms with Crippen LogP contribution in [-0.4, -0.2) is 0 Å². The lowest BCUT2D eigenvalue weighted by Crippen LogP contribution is -2.17. The average Bonchev–Trinajstić information content (AvgIpc) is 3.72. The summed E-state index contributed by atoms with van der Waals surface area (Å²) >= 11 is 0. The molecule has 0 N–H and O–H groups in total. The number of fused-ring (bicyclic) bond motifs is 6. The number of para-hydroxylation sites is 2. The minimum absolute atomic E-state index is 0.121. The van der Waals surface area contributed by atoms with Crippen LogP contribution in [0.4, 0.5) is 17.1 Å². The second-order valence-corrected chi connectivity index (χ2v) is 14.2. The summed E-state index contributed by atoms with van der Waals surface area (Å²) in [4.78, 5) is 2.10. The highest BCUT2D eigenvalue weighted by atomic mass is 16.3. The van der Waals surface area contributed by atoms with E-state index < -0.39 is 0 Å². The van der Waals surface area contributed by atoms with E-state index in [0.29, 0.717) is 16.8 Å². The van der Waals surface area contributed by atoms with Crippen molar-refractivity contribution in [1.82, 2.24) is 0 Å². The molecular formula is C51H37NO. The first-order valence-electron chi connectivity index (χ1n) is 19.6. The summed E-state index contributed by atoms with van der Waals surface area (Å²) in [5, 5.41) is 2.03. The predicted octanol–water partition coefficient (Wildman–Crippen LogP) is 14.4. The zero-order valence-electron chi connectivity index (χ0n) is 32.5. The van der Waals surface area contributed by atoms with E-state index in [1.165, 1.54) is 22.3 Å². The molecule has 10 rings (SSSR count). The smallest absolute Gasteiger partial charge is 0.136 e. The maximum Gasteiger partial charge on any atom is 0.136 e. The molecule has 0 bridgehead atoms. The number of anilines is 3. The zero-order valence-corrected chi connectivity index (χ0v) is 29.5. The molecule has 0 radical (unpaired) electrons. The molecule has 1 aromatic heterocycles. The van der Waals surface area contributed by atoms with Crippen LogP contribution < -0.4 is 4.90 Å². The Hall–Kier alpha value is -6.64. The highest BCUT2D eigenvalue weighted by Gasteiger charge is 2.36. The molecular weight excluding hydrogens is 643 g/mol. The number of hydrogen-bond donors (Lipinski definition) is 0. The molecule has 0 aliphatic heterocycles. The molecule has 2 nitrogen and oxygen atoms in total. The molecule has 1 aliphatic rings. The second kappa shape index (κ2) is 12.3. The summed E-state index contributed by atoms with van der Waals surface area (Å²) in [7, 11) is 0. The Morgan fingerprint density at radius 1 is 0.453 bits per heavy atom. The first-order chi connectivity index (χ1) is 27.3. The molecule has 0 atom stereocenters. The summed E-state index contributed by atoms with van der Waals surface area (Å²) < 4.78 is 36.2. The summed E-state index contributed by atoms with van der Waals surface area (Å²) in [6.07, 6.45) is 0. The number of hydrogen-bond acceptors (Lipinski definition) is 2. The van der Waals surface area contributed by atoms with Gasteiger partial charge in [-0.1, -0.05) is 153 Å². The van der Waals surface area contributed by atoms with Gasteiger partial charge in [-0.25, -0.2) is 0 Å². The highest BCUT2D eigenvalue weighted by molar-refractivity contribution is 6.14. The van der Waals surface area contributed by atoms with Gasteiger partial charge in [-0.05, 0) is 98.5 Å². The van der Waals surface area contributed by atoms with Gasteiger partial charge in [0.25, 0.3) is 0 Å². The van der Waals surface area contributed by atoms with E-state index in [-0.39, 0.29) is 23.5 Å². The Bertz CT molecular complexity index is 2920. The lowest BCUT2D eigenvalue weighted by Gasteiger charge is -2.30. The van der Waals surface area contributed by atoms with Crippen molar-refractivity contribution in [2.24, 2.45) is 0 Å². The van der Waals surface area contributed by atoms with Crippen molar-refractivity contribution in [2.75, 3.05) is 4.90 Å². The molecule has 252 valence electrons. The van der Waals surface area contributed by atoms with Crippen molar-refractivity contribution < 1.29 is 8.53 Å². The first kappa shape index (κ1) is 28.0. The summed E-state index contributed by atoms with van der Waals surface area (Å²) in [5.41, 5.74) is 12.7. The monoisotopic (exact) mass is 682 g/mol. The topological polar surface area (TPSA) is 16.4 Å². The van der Waals surface area contributed by atoms with E-state index >= 15 is 0 Å². The van der Waals surface area contributed by atoms with E-state index in [9.17, 15) is 4.11 Å². The van der Waals surface area contributed by atoms with Crippen LogP contribution >= 0.6 is 0 Å². The quantitative estimate of drug-likeness (QED) is 0.174. The van der Waals surface area contributed by atoms with Gasteiger partial charge in [0.2, 0.25) is 0 Å². The SMILES string of the molecule is [2H]c1c(-c2ccccc2)c([2H])c(N(c2ccc3c(c2)C(C)(C)c2ccccc2-3)c2ccccc2-c2cccc3oc4ccccc4c23)c([2H])c1-c1ccccc1. The maximum atomic E-state index is 10.1. The third-order valence-electron chi connectivity index (χ3n) is 10.7. The van der Waals surface area contributed by atoms with Crippen LogP contribution in [0, 0.1) is 0 Å². The molecule has 9 aromatic rings. The maximum absolute atomic E-state index is 10.1. The lowest BCUT2D eigenvalue weighted by atomic mass is 9.82. The zero-order chi connectivity index (χ0) is 38.1. The summed E-state index contributed by atoms with van der Waals surface area (Å²) in [6, 6.07) is 57.6. The van der Waals surface area contributed by atoms with Gasteiger partial charge in [-0.3, -0.25) is 0 Å². The van der Waals surface area contributed by atoms with Crippen LogP contribution in [-0.2, 0) is 5.41 Å². The molecule has 2 heteroatoms. The van der Waals surface area contributed by atoms with Gasteiger partial charge in [0.1, 0.15) is 11.2 Å². The van der Waals surface area contributed by atoms with E-state index in [0.717, 1.165) is 55.6 Å². The Labute approximate surface area is 314 Å². The van der Waals surface area contributed by atoms with Gasteiger partial charge in [0.15, 0.2) is 0 Å². The predicted molar refractivity (Wildman–Crippen MR) is 222 cm³/mol. The fourth-order valence-corrected chi connectivity index (χ4v) is 8.18. The Balaban J connectivity index is 1.32. The molecule has 8 aromatic carbocycles. The molecule has 0 spiro atoms. The standard InChI is InChI=1S/C51H37NO/c1-51(2)45-24-12-9-20-40(45)41-29-28-38(33-46(41)51)52(39-31-36(34-16-5-3-6-17-34)30-37(32-39)35-18-7-4-8-19-35)47-25-13-10-21-42(47)43-23-15-27-49-50(43)44-22-11-14-26-48(44)53-49/h3-33H,1-2H3/i30D,31D,32D. The van der Waals surface area contributed by atoms with Crippen molar-refractivity contribution in [3.05, 3.63) is 199 Å². The summed E-state index contributed by atoms with van der Waals surface area (Å²) in [6.45, 7) is 4.54. The fourth-order valence-electron chi connectivity index (χ4n) is 8.18. The molecule has 1 heterocycles. The third-order valence-corrected chi connectivity index (χ3v) is 10.7. The van der Waals surface area contributed by atoms with Gasteiger partial charge in [0, 0.05) is 33.1 Å². The summed E-state index contributed by atoms with van der Waals surface area (Å²) in [5.74, 6) is 0. The lowest BCUT2D eigenvalue weighted by molar-refractivity contribution is 0.660. The van der Waals surface area contributed by atoms with Crippen molar-refractivity contribution in [1.29, 1.82) is 0 Å². The number of furan rings is 1. The van der Waals surface area contributed by atoms with E-state index in [2.05, 4.69) is 85.5 Å². The van der Waals surface area contributed by atoms with Crippen LogP contribution in [0.3, 0.4) is 0 Å². The van der Waals surface area contributed by atoms with Crippen LogP contribution in [0.15, 0.2) is 192 Å². The molecule has 0 saturated heterocycles. The van der Waals surface area contributed by atoms with Crippen LogP contribution in [0.2, 0.25) is 0 Å². The molecule has 0 fully saturated rings. The number of benzene rings is 8. The molecule has 0 amide bonds. The largest absolute Gasteiger partial charge is 0.456 e. The average molecular weight is 683 g/mol. The van der Waals surface area contributed by atoms with Gasteiger partial charge in [-0.15, -0.1) is 0 Å². The normalized spacial score (nSPS) is 13.7. The third kappa shape index (κ3) is 5.10. The molecule has 0 saturated carbocycles. The number of rotatable bonds is 6. The molecule has 0 unspecified atom stereocenters. The van der Waals surface area contributed by atoms with E-state index in [4.69, 9.17) is 4.42 Å². The Morgan fingerprint density at radius 3 is 1.79 bits per heavy atom. The van der Waals surface area contributed by atoms with Crippen molar-refractivity contribution in [3.63, 3.8) is 0 Å². The van der Waals surface area contributed by atoms with Crippen LogP contribution in [0.25, 0.3) is 66.4 Å². The van der Waals surface area contributed by atoms with Gasteiger partial charge >= 0.3 is 0 Å². The molecule has 1 aliphatic carbocycles.